The number of rotatable bonds is 10. The summed E-state index contributed by atoms with van der Waals surface area (Å²) in [5.74, 6) is -1.94. The van der Waals surface area contributed by atoms with Crippen LogP contribution < -0.4 is 0 Å². The Morgan fingerprint density at radius 2 is 1.59 bits per heavy atom. The monoisotopic (exact) mass is 576 g/mol. The van der Waals surface area contributed by atoms with Crippen LogP contribution in [0.4, 0.5) is 8.78 Å². The Morgan fingerprint density at radius 3 is 2.22 bits per heavy atom. The minimum Gasteiger partial charge on any atom is -0.508 e. The van der Waals surface area contributed by atoms with E-state index < -0.39 is 25.7 Å². The Kier molecular flexibility index (Phi) is 9.85. The highest BCUT2D eigenvalue weighted by molar-refractivity contribution is 6.78. The van der Waals surface area contributed by atoms with Gasteiger partial charge in [0.25, 0.3) is 0 Å². The summed E-state index contributed by atoms with van der Waals surface area (Å²) < 4.78 is 36.0. The summed E-state index contributed by atoms with van der Waals surface area (Å²) in [4.78, 5) is 11.7. The molecule has 1 aliphatic carbocycles. The van der Waals surface area contributed by atoms with E-state index in [1.807, 2.05) is 12.1 Å². The lowest BCUT2D eigenvalue weighted by molar-refractivity contribution is -0.140. The maximum absolute atomic E-state index is 15.4. The van der Waals surface area contributed by atoms with Crippen molar-refractivity contribution >= 4 is 14.0 Å². The van der Waals surface area contributed by atoms with Gasteiger partial charge in [-0.3, -0.25) is 0 Å². The highest BCUT2D eigenvalue weighted by atomic mass is 28.3. The second-order valence-corrected chi connectivity index (χ2v) is 17.5. The Labute approximate surface area is 244 Å². The van der Waals surface area contributed by atoms with Gasteiger partial charge in [-0.15, -0.1) is 0 Å². The number of hydrogen-bond donors (Lipinski definition) is 1. The van der Waals surface area contributed by atoms with E-state index in [1.54, 1.807) is 49.4 Å². The van der Waals surface area contributed by atoms with Crippen LogP contribution in [0.1, 0.15) is 69.4 Å². The van der Waals surface area contributed by atoms with E-state index in [4.69, 9.17) is 4.74 Å². The number of aromatic hydroxyl groups is 1. The van der Waals surface area contributed by atoms with E-state index in [0.717, 1.165) is 42.4 Å². The smallest absolute Gasteiger partial charge is 0.333 e. The molecule has 3 nitrogen and oxygen atoms in total. The van der Waals surface area contributed by atoms with Gasteiger partial charge in [-0.1, -0.05) is 101 Å². The van der Waals surface area contributed by atoms with E-state index in [0.29, 0.717) is 16.7 Å². The zero-order valence-electron chi connectivity index (χ0n) is 24.7. The van der Waals surface area contributed by atoms with Crippen molar-refractivity contribution in [2.75, 3.05) is 0 Å². The Hall–Kier alpha value is -3.25. The third-order valence-electron chi connectivity index (χ3n) is 8.87. The first-order chi connectivity index (χ1) is 19.5. The number of hydrogen-bond acceptors (Lipinski definition) is 3. The molecule has 1 aliphatic rings. The summed E-state index contributed by atoms with van der Waals surface area (Å²) in [7, 11) is -1.28. The molecule has 0 atom stereocenters. The van der Waals surface area contributed by atoms with Crippen molar-refractivity contribution in [3.63, 3.8) is 0 Å². The van der Waals surface area contributed by atoms with Crippen LogP contribution in [0, 0.1) is 11.6 Å². The lowest BCUT2D eigenvalue weighted by Crippen LogP contribution is -2.34. The summed E-state index contributed by atoms with van der Waals surface area (Å²) >= 11 is 0. The van der Waals surface area contributed by atoms with Gasteiger partial charge in [-0.25, -0.2) is 13.6 Å². The third-order valence-corrected chi connectivity index (χ3v) is 13.3. The molecule has 0 unspecified atom stereocenters. The van der Waals surface area contributed by atoms with Crippen LogP contribution in [-0.2, 0) is 16.1 Å². The number of ether oxygens (including phenoxy) is 1. The first-order valence-corrected chi connectivity index (χ1v) is 18.0. The van der Waals surface area contributed by atoms with E-state index in [-0.39, 0.29) is 29.4 Å². The predicted octanol–water partition coefficient (Wildman–Crippen LogP) is 10.2. The lowest BCUT2D eigenvalue weighted by Gasteiger charge is -2.38. The molecule has 3 aromatic rings. The molecule has 1 fully saturated rings. The number of unbranched alkanes of at least 4 members (excludes halogenated alkanes) is 1. The van der Waals surface area contributed by atoms with Crippen LogP contribution in [0.2, 0.25) is 24.7 Å². The Bertz CT molecular complexity index is 1390. The van der Waals surface area contributed by atoms with Gasteiger partial charge in [0.1, 0.15) is 12.4 Å². The Morgan fingerprint density at radius 1 is 0.951 bits per heavy atom. The van der Waals surface area contributed by atoms with Crippen molar-refractivity contribution in [2.24, 2.45) is 0 Å². The van der Waals surface area contributed by atoms with Gasteiger partial charge >= 0.3 is 5.97 Å². The fourth-order valence-corrected chi connectivity index (χ4v) is 9.68. The predicted molar refractivity (Wildman–Crippen MR) is 166 cm³/mol. The van der Waals surface area contributed by atoms with Crippen LogP contribution in [0.25, 0.3) is 22.3 Å². The van der Waals surface area contributed by atoms with Gasteiger partial charge in [0.2, 0.25) is 0 Å². The molecule has 218 valence electrons. The molecule has 0 saturated heterocycles. The molecule has 4 rings (SSSR count). The number of benzene rings is 3. The molecule has 41 heavy (non-hydrogen) atoms. The number of phenols is 1. The fourth-order valence-electron chi connectivity index (χ4n) is 6.11. The van der Waals surface area contributed by atoms with Crippen molar-refractivity contribution in [2.45, 2.75) is 89.6 Å². The second kappa shape index (κ2) is 13.2. The van der Waals surface area contributed by atoms with E-state index in [1.165, 1.54) is 18.9 Å². The molecule has 0 spiro atoms. The highest BCUT2D eigenvalue weighted by Crippen LogP contribution is 2.46. The van der Waals surface area contributed by atoms with E-state index in [9.17, 15) is 9.90 Å². The van der Waals surface area contributed by atoms with Gasteiger partial charge in [-0.05, 0) is 65.6 Å². The zero-order chi connectivity index (χ0) is 29.7. The summed E-state index contributed by atoms with van der Waals surface area (Å²) in [6, 6.07) is 17.1. The van der Waals surface area contributed by atoms with Crippen LogP contribution in [-0.4, -0.2) is 19.1 Å². The summed E-state index contributed by atoms with van der Waals surface area (Å²) in [6.45, 7) is 12.3. The minimum absolute atomic E-state index is 0.0216. The SMILES string of the molecule is C=C(C)C(=O)OCc1cc(-c2ccc(-c3ccc(C4CCC([Si](C)(C)CCCC)CC4)c(F)c3F)cc2)ccc1O. The number of esters is 1. The lowest BCUT2D eigenvalue weighted by atomic mass is 9.83. The normalized spacial score (nSPS) is 17.3. The molecule has 0 radical (unpaired) electrons. The quantitative estimate of drug-likeness (QED) is 0.148. The molecule has 1 saturated carbocycles. The second-order valence-electron chi connectivity index (χ2n) is 12.2. The molecular weight excluding hydrogens is 534 g/mol. The molecule has 3 aromatic carbocycles. The summed E-state index contributed by atoms with van der Waals surface area (Å²) in [6.07, 6.45) is 6.62. The maximum Gasteiger partial charge on any atom is 0.333 e. The van der Waals surface area contributed by atoms with Gasteiger partial charge < -0.3 is 9.84 Å². The average molecular weight is 577 g/mol. The number of halogens is 2. The van der Waals surface area contributed by atoms with Crippen molar-refractivity contribution in [1.29, 1.82) is 0 Å². The average Bonchev–Trinajstić information content (AvgIpc) is 2.97. The molecule has 0 bridgehead atoms. The third kappa shape index (κ3) is 7.15. The highest BCUT2D eigenvalue weighted by Gasteiger charge is 2.35. The van der Waals surface area contributed by atoms with E-state index >= 15 is 8.78 Å². The molecule has 0 aromatic heterocycles. The molecule has 1 N–H and O–H groups in total. The number of phenolic OH excluding ortho intramolecular Hbond substituents is 1. The van der Waals surface area contributed by atoms with Gasteiger partial charge in [-0.2, -0.15) is 0 Å². The minimum atomic E-state index is -1.28. The van der Waals surface area contributed by atoms with E-state index in [2.05, 4.69) is 26.6 Å². The zero-order valence-corrected chi connectivity index (χ0v) is 25.7. The van der Waals surface area contributed by atoms with Crippen molar-refractivity contribution in [3.05, 3.63) is 89.5 Å². The Balaban J connectivity index is 1.47. The summed E-state index contributed by atoms with van der Waals surface area (Å²) in [5.41, 5.74) is 4.51. The molecule has 0 heterocycles. The van der Waals surface area contributed by atoms with Gasteiger partial charge in [0, 0.05) is 16.7 Å². The first kappa shape index (κ1) is 30.7. The number of carbonyl (C=O) groups excluding carboxylic acids is 1. The molecule has 0 aliphatic heterocycles. The molecule has 6 heteroatoms. The van der Waals surface area contributed by atoms with Crippen LogP contribution in [0.15, 0.2) is 66.7 Å². The van der Waals surface area contributed by atoms with Gasteiger partial charge in [0.05, 0.1) is 8.07 Å². The molecular formula is C35H42F2O3Si. The topological polar surface area (TPSA) is 46.5 Å². The molecule has 0 amide bonds. The van der Waals surface area contributed by atoms with Crippen LogP contribution in [0.3, 0.4) is 0 Å². The van der Waals surface area contributed by atoms with Crippen molar-refractivity contribution in [3.8, 4) is 28.0 Å². The van der Waals surface area contributed by atoms with Crippen molar-refractivity contribution < 1.29 is 23.4 Å². The number of carbonyl (C=O) groups is 1. The summed E-state index contributed by atoms with van der Waals surface area (Å²) in [5, 5.41) is 10.2. The maximum atomic E-state index is 15.4. The largest absolute Gasteiger partial charge is 0.508 e. The van der Waals surface area contributed by atoms with Gasteiger partial charge in [0.15, 0.2) is 11.6 Å². The fraction of sp³-hybridized carbons (Fsp3) is 0.400. The van der Waals surface area contributed by atoms with Crippen LogP contribution >= 0.6 is 0 Å². The van der Waals surface area contributed by atoms with Crippen molar-refractivity contribution in [1.82, 2.24) is 0 Å². The van der Waals surface area contributed by atoms with Crippen LogP contribution in [0.5, 0.6) is 5.75 Å². The standard InChI is InChI=1S/C35H42F2O3Si/c1-6-7-20-41(4,5)29-15-12-26(13-16-29)31-18-17-30(33(36)34(31)37)25-10-8-24(9-11-25)27-14-19-32(38)28(21-27)22-40-35(39)23(2)3/h8-11,14,17-19,21,26,29,38H,2,6-7,12-13,15-16,20,22H2,1,3-5H3. The first-order valence-electron chi connectivity index (χ1n) is 14.7.